The van der Waals surface area contributed by atoms with E-state index in [-0.39, 0.29) is 0 Å². The van der Waals surface area contributed by atoms with Crippen LogP contribution in [0.2, 0.25) is 0 Å². The number of anilines is 1. The summed E-state index contributed by atoms with van der Waals surface area (Å²) in [5.74, 6) is 0. The van der Waals surface area contributed by atoms with Crippen molar-refractivity contribution in [1.82, 2.24) is 15.0 Å². The third-order valence-corrected chi connectivity index (χ3v) is 2.75. The Hall–Kier alpha value is -2.36. The van der Waals surface area contributed by atoms with Crippen LogP contribution in [0.5, 0.6) is 0 Å². The molecule has 0 aliphatic rings. The second-order valence-electron chi connectivity index (χ2n) is 3.95. The topological polar surface area (TPSA) is 56.7 Å². The molecule has 2 N–H and O–H groups in total. The highest BCUT2D eigenvalue weighted by molar-refractivity contribution is 5.97. The van der Waals surface area contributed by atoms with E-state index in [0.717, 1.165) is 27.8 Å². The lowest BCUT2D eigenvalue weighted by Crippen LogP contribution is -1.92. The Balaban J connectivity index is 2.38. The molecule has 2 aromatic carbocycles. The first-order valence-electron chi connectivity index (χ1n) is 5.40. The Bertz CT molecular complexity index is 670. The Morgan fingerprint density at radius 1 is 1.00 bits per heavy atom. The fraction of sp³-hybridized carbons (Fsp3) is 0.0769. The SMILES string of the molecule is Cn1nc2ccc(N)c(-c3ccccc3)c2n1. The van der Waals surface area contributed by atoms with Gasteiger partial charge in [-0.1, -0.05) is 30.3 Å². The zero-order chi connectivity index (χ0) is 11.8. The normalized spacial score (nSPS) is 10.9. The van der Waals surface area contributed by atoms with Gasteiger partial charge in [0.1, 0.15) is 11.0 Å². The summed E-state index contributed by atoms with van der Waals surface area (Å²) in [6.07, 6.45) is 0. The second kappa shape index (κ2) is 3.59. The molecule has 0 aliphatic heterocycles. The van der Waals surface area contributed by atoms with Crippen LogP contribution in [0.15, 0.2) is 42.5 Å². The van der Waals surface area contributed by atoms with E-state index in [0.29, 0.717) is 0 Å². The van der Waals surface area contributed by atoms with Crippen molar-refractivity contribution in [2.75, 3.05) is 5.73 Å². The van der Waals surface area contributed by atoms with Crippen molar-refractivity contribution < 1.29 is 0 Å². The maximum absolute atomic E-state index is 6.05. The van der Waals surface area contributed by atoms with Crippen molar-refractivity contribution >= 4 is 16.7 Å². The number of nitrogens with zero attached hydrogens (tertiary/aromatic N) is 3. The average Bonchev–Trinajstić information content (AvgIpc) is 2.70. The van der Waals surface area contributed by atoms with Crippen LogP contribution >= 0.6 is 0 Å². The molecule has 1 heterocycles. The van der Waals surface area contributed by atoms with Crippen LogP contribution in [0, 0.1) is 0 Å². The van der Waals surface area contributed by atoms with Crippen molar-refractivity contribution in [1.29, 1.82) is 0 Å². The molecule has 3 rings (SSSR count). The molecule has 1 aromatic heterocycles. The molecular formula is C13H12N4. The zero-order valence-corrected chi connectivity index (χ0v) is 9.46. The highest BCUT2D eigenvalue weighted by Crippen LogP contribution is 2.31. The van der Waals surface area contributed by atoms with Gasteiger partial charge in [-0.05, 0) is 17.7 Å². The number of nitrogen functional groups attached to an aromatic ring is 1. The third-order valence-electron chi connectivity index (χ3n) is 2.75. The number of rotatable bonds is 1. The maximum atomic E-state index is 6.05. The minimum atomic E-state index is 0.726. The fourth-order valence-corrected chi connectivity index (χ4v) is 2.01. The van der Waals surface area contributed by atoms with Crippen LogP contribution in [0.3, 0.4) is 0 Å². The number of aryl methyl sites for hydroxylation is 1. The standard InChI is InChI=1S/C13H12N4/c1-17-15-11-8-7-10(14)12(13(11)16-17)9-5-3-2-4-6-9/h2-8H,14H2,1H3. The van der Waals surface area contributed by atoms with Crippen LogP contribution in [-0.4, -0.2) is 15.0 Å². The Morgan fingerprint density at radius 2 is 1.76 bits per heavy atom. The highest BCUT2D eigenvalue weighted by Gasteiger charge is 2.11. The minimum absolute atomic E-state index is 0.726. The van der Waals surface area contributed by atoms with Crippen LogP contribution < -0.4 is 5.73 Å². The summed E-state index contributed by atoms with van der Waals surface area (Å²) in [5, 5.41) is 8.67. The second-order valence-corrected chi connectivity index (χ2v) is 3.95. The Labute approximate surface area is 98.7 Å². The van der Waals surface area contributed by atoms with E-state index < -0.39 is 0 Å². The lowest BCUT2D eigenvalue weighted by atomic mass is 10.0. The monoisotopic (exact) mass is 224 g/mol. The molecule has 0 radical (unpaired) electrons. The number of hydrogen-bond acceptors (Lipinski definition) is 3. The molecule has 4 nitrogen and oxygen atoms in total. The summed E-state index contributed by atoms with van der Waals surface area (Å²) >= 11 is 0. The molecule has 0 amide bonds. The van der Waals surface area contributed by atoms with E-state index in [4.69, 9.17) is 5.73 Å². The molecule has 0 aliphatic carbocycles. The number of hydrogen-bond donors (Lipinski definition) is 1. The number of benzene rings is 2. The van der Waals surface area contributed by atoms with Crippen molar-refractivity contribution in [3.63, 3.8) is 0 Å². The predicted octanol–water partition coefficient (Wildman–Crippen LogP) is 2.22. The van der Waals surface area contributed by atoms with Crippen LogP contribution in [0.4, 0.5) is 5.69 Å². The van der Waals surface area contributed by atoms with Crippen LogP contribution in [0.25, 0.3) is 22.2 Å². The number of aromatic nitrogens is 3. The molecular weight excluding hydrogens is 212 g/mol. The smallest absolute Gasteiger partial charge is 0.123 e. The van der Waals surface area contributed by atoms with Gasteiger partial charge in [-0.25, -0.2) is 0 Å². The summed E-state index contributed by atoms with van der Waals surface area (Å²) in [6, 6.07) is 13.8. The first-order chi connectivity index (χ1) is 8.25. The maximum Gasteiger partial charge on any atom is 0.123 e. The van der Waals surface area contributed by atoms with E-state index in [1.807, 2.05) is 49.5 Å². The van der Waals surface area contributed by atoms with Gasteiger partial charge in [0.25, 0.3) is 0 Å². The van der Waals surface area contributed by atoms with E-state index in [1.54, 1.807) is 4.80 Å². The minimum Gasteiger partial charge on any atom is -0.398 e. The van der Waals surface area contributed by atoms with Gasteiger partial charge >= 0.3 is 0 Å². The first-order valence-corrected chi connectivity index (χ1v) is 5.40. The summed E-state index contributed by atoms with van der Waals surface area (Å²) < 4.78 is 0. The van der Waals surface area contributed by atoms with Gasteiger partial charge in [-0.3, -0.25) is 0 Å². The highest BCUT2D eigenvalue weighted by atomic mass is 15.4. The van der Waals surface area contributed by atoms with E-state index in [1.165, 1.54) is 0 Å². The van der Waals surface area contributed by atoms with Crippen molar-refractivity contribution in [3.8, 4) is 11.1 Å². The third kappa shape index (κ3) is 1.54. The molecule has 0 bridgehead atoms. The van der Waals surface area contributed by atoms with Crippen LogP contribution in [-0.2, 0) is 7.05 Å². The van der Waals surface area contributed by atoms with Gasteiger partial charge in [-0.2, -0.15) is 15.0 Å². The summed E-state index contributed by atoms with van der Waals surface area (Å²) in [5.41, 5.74) is 10.5. The van der Waals surface area contributed by atoms with E-state index in [9.17, 15) is 0 Å². The molecule has 0 saturated heterocycles. The van der Waals surface area contributed by atoms with Crippen molar-refractivity contribution in [3.05, 3.63) is 42.5 Å². The molecule has 0 saturated carbocycles. The molecule has 0 unspecified atom stereocenters. The number of nitrogens with two attached hydrogens (primary N) is 1. The number of fused-ring (bicyclic) bond motifs is 1. The molecule has 0 fully saturated rings. The molecule has 3 aromatic rings. The van der Waals surface area contributed by atoms with Gasteiger partial charge in [0.05, 0.1) is 0 Å². The van der Waals surface area contributed by atoms with Crippen molar-refractivity contribution in [2.45, 2.75) is 0 Å². The quantitative estimate of drug-likeness (QED) is 0.645. The molecule has 0 atom stereocenters. The average molecular weight is 224 g/mol. The molecule has 4 heteroatoms. The predicted molar refractivity (Wildman–Crippen MR) is 68.4 cm³/mol. The van der Waals surface area contributed by atoms with E-state index in [2.05, 4.69) is 10.2 Å². The van der Waals surface area contributed by atoms with E-state index >= 15 is 0 Å². The van der Waals surface area contributed by atoms with Crippen LogP contribution in [0.1, 0.15) is 0 Å². The molecule has 17 heavy (non-hydrogen) atoms. The Morgan fingerprint density at radius 3 is 2.53 bits per heavy atom. The zero-order valence-electron chi connectivity index (χ0n) is 9.46. The molecule has 0 spiro atoms. The van der Waals surface area contributed by atoms with Gasteiger partial charge in [0.15, 0.2) is 0 Å². The fourth-order valence-electron chi connectivity index (χ4n) is 2.01. The van der Waals surface area contributed by atoms with Gasteiger partial charge in [0.2, 0.25) is 0 Å². The van der Waals surface area contributed by atoms with Gasteiger partial charge < -0.3 is 5.73 Å². The lowest BCUT2D eigenvalue weighted by Gasteiger charge is -2.05. The largest absolute Gasteiger partial charge is 0.398 e. The van der Waals surface area contributed by atoms with Gasteiger partial charge in [0, 0.05) is 18.3 Å². The molecule has 84 valence electrons. The Kier molecular flexibility index (Phi) is 2.08. The van der Waals surface area contributed by atoms with Crippen molar-refractivity contribution in [2.24, 2.45) is 7.05 Å². The van der Waals surface area contributed by atoms with Gasteiger partial charge in [-0.15, -0.1) is 0 Å². The summed E-state index contributed by atoms with van der Waals surface area (Å²) in [7, 11) is 1.81. The summed E-state index contributed by atoms with van der Waals surface area (Å²) in [4.78, 5) is 1.57. The first kappa shape index (κ1) is 9.84. The summed E-state index contributed by atoms with van der Waals surface area (Å²) in [6.45, 7) is 0. The lowest BCUT2D eigenvalue weighted by molar-refractivity contribution is 0.665.